The second-order valence-corrected chi connectivity index (χ2v) is 4.55. The van der Waals surface area contributed by atoms with Crippen LogP contribution in [0.3, 0.4) is 0 Å². The van der Waals surface area contributed by atoms with Crippen LogP contribution in [0.2, 0.25) is 0 Å². The molecule has 1 heterocycles. The third-order valence-corrected chi connectivity index (χ3v) is 2.95. The molecule has 9 heteroatoms. The maximum Gasteiger partial charge on any atom is 0.372 e. The Morgan fingerprint density at radius 3 is 2.84 bits per heavy atom. The summed E-state index contributed by atoms with van der Waals surface area (Å²) in [6.45, 7) is 0. The van der Waals surface area contributed by atoms with Crippen molar-refractivity contribution in [3.63, 3.8) is 0 Å². The molecule has 1 aliphatic rings. The Hall–Kier alpha value is -1.86. The number of anilines is 1. The monoisotopic (exact) mass is 302 g/mol. The normalized spacial score (nSPS) is 21.9. The lowest BCUT2D eigenvalue weighted by Crippen LogP contribution is -2.27. The van der Waals surface area contributed by atoms with E-state index in [9.17, 15) is 10.1 Å². The number of aromatic nitrogens is 2. The van der Waals surface area contributed by atoms with Gasteiger partial charge in [0.2, 0.25) is 5.82 Å². The summed E-state index contributed by atoms with van der Waals surface area (Å²) in [5, 5.41) is 10.8. The van der Waals surface area contributed by atoms with Crippen molar-refractivity contribution in [3.05, 3.63) is 39.7 Å². The van der Waals surface area contributed by atoms with Crippen LogP contribution in [0.4, 0.5) is 11.5 Å². The van der Waals surface area contributed by atoms with Crippen molar-refractivity contribution in [2.75, 3.05) is 5.73 Å². The van der Waals surface area contributed by atoms with E-state index in [1.807, 2.05) is 0 Å². The number of allylic oxidation sites excluding steroid dienone is 2. The van der Waals surface area contributed by atoms with Crippen molar-refractivity contribution < 1.29 is 9.66 Å². The Morgan fingerprint density at radius 2 is 2.21 bits per heavy atom. The average Bonchev–Trinajstić information content (AvgIpc) is 2.32. The first-order valence-corrected chi connectivity index (χ1v) is 5.91. The zero-order chi connectivity index (χ0) is 14.0. The SMILES string of the molecule is Nc1ncnc(O[C@H]2C=CC(Cl)=C[C@H]2Cl)c1[N+](=O)[O-]. The standard InChI is InChI=1S/C10H8Cl2N4O3/c11-5-1-2-7(6(12)3-5)19-10-8(16(17)18)9(13)14-4-15-10/h1-4,6-7H,(H2,13,14,15)/t6-,7+/m1/s1. The van der Waals surface area contributed by atoms with E-state index >= 15 is 0 Å². The first kappa shape index (κ1) is 13.6. The summed E-state index contributed by atoms with van der Waals surface area (Å²) in [6, 6.07) is 0. The molecule has 1 aromatic heterocycles. The fraction of sp³-hybridized carbons (Fsp3) is 0.200. The van der Waals surface area contributed by atoms with E-state index in [0.29, 0.717) is 5.03 Å². The topological polar surface area (TPSA) is 104 Å². The van der Waals surface area contributed by atoms with E-state index < -0.39 is 22.1 Å². The molecule has 2 atom stereocenters. The zero-order valence-corrected chi connectivity index (χ0v) is 10.9. The highest BCUT2D eigenvalue weighted by Crippen LogP contribution is 2.31. The smallest absolute Gasteiger partial charge is 0.372 e. The van der Waals surface area contributed by atoms with Crippen molar-refractivity contribution >= 4 is 34.7 Å². The van der Waals surface area contributed by atoms with Crippen LogP contribution in [0.15, 0.2) is 29.6 Å². The fourth-order valence-electron chi connectivity index (χ4n) is 1.46. The van der Waals surface area contributed by atoms with E-state index in [2.05, 4.69) is 9.97 Å². The van der Waals surface area contributed by atoms with Crippen molar-refractivity contribution in [1.29, 1.82) is 0 Å². The van der Waals surface area contributed by atoms with Gasteiger partial charge in [-0.3, -0.25) is 10.1 Å². The number of nitrogens with zero attached hydrogens (tertiary/aromatic N) is 3. The van der Waals surface area contributed by atoms with Crippen LogP contribution in [0.1, 0.15) is 0 Å². The zero-order valence-electron chi connectivity index (χ0n) is 9.36. The van der Waals surface area contributed by atoms with Gasteiger partial charge in [-0.2, -0.15) is 4.98 Å². The lowest BCUT2D eigenvalue weighted by atomic mass is 10.1. The molecular formula is C10H8Cl2N4O3. The second-order valence-electron chi connectivity index (χ2n) is 3.61. The Labute approximate surface area is 117 Å². The molecule has 0 spiro atoms. The molecule has 2 rings (SSSR count). The highest BCUT2D eigenvalue weighted by atomic mass is 35.5. The minimum absolute atomic E-state index is 0.232. The second kappa shape index (κ2) is 5.41. The van der Waals surface area contributed by atoms with Gasteiger partial charge >= 0.3 is 5.69 Å². The molecule has 100 valence electrons. The van der Waals surface area contributed by atoms with Crippen LogP contribution in [0.5, 0.6) is 5.88 Å². The van der Waals surface area contributed by atoms with E-state index in [0.717, 1.165) is 6.33 Å². The fourth-order valence-corrected chi connectivity index (χ4v) is 2.01. The minimum Gasteiger partial charge on any atom is -0.463 e. The summed E-state index contributed by atoms with van der Waals surface area (Å²) in [4.78, 5) is 17.4. The summed E-state index contributed by atoms with van der Waals surface area (Å²) in [6.07, 6.45) is 5.18. The number of hydrogen-bond donors (Lipinski definition) is 1. The summed E-state index contributed by atoms with van der Waals surface area (Å²) in [5.41, 5.74) is 4.94. The minimum atomic E-state index is -0.705. The number of hydrogen-bond acceptors (Lipinski definition) is 6. The van der Waals surface area contributed by atoms with Crippen molar-refractivity contribution in [3.8, 4) is 5.88 Å². The molecule has 0 fully saturated rings. The molecule has 0 amide bonds. The molecule has 2 N–H and O–H groups in total. The van der Waals surface area contributed by atoms with Gasteiger partial charge in [-0.15, -0.1) is 11.6 Å². The van der Waals surface area contributed by atoms with Crippen molar-refractivity contribution in [2.45, 2.75) is 11.5 Å². The Kier molecular flexibility index (Phi) is 3.87. The third-order valence-electron chi connectivity index (χ3n) is 2.32. The van der Waals surface area contributed by atoms with Gasteiger partial charge in [0.15, 0.2) is 0 Å². The number of halogens is 2. The van der Waals surface area contributed by atoms with E-state index in [1.165, 1.54) is 0 Å². The highest BCUT2D eigenvalue weighted by Gasteiger charge is 2.27. The van der Waals surface area contributed by atoms with Gasteiger partial charge in [0.05, 0.1) is 10.3 Å². The number of rotatable bonds is 3. The molecule has 1 aliphatic carbocycles. The van der Waals surface area contributed by atoms with Crippen molar-refractivity contribution in [2.24, 2.45) is 0 Å². The Morgan fingerprint density at radius 1 is 1.47 bits per heavy atom. The van der Waals surface area contributed by atoms with Crippen LogP contribution in [0.25, 0.3) is 0 Å². The van der Waals surface area contributed by atoms with Gasteiger partial charge in [-0.25, -0.2) is 4.98 Å². The number of ether oxygens (including phenoxy) is 1. The predicted molar refractivity (Wildman–Crippen MR) is 70.2 cm³/mol. The number of alkyl halides is 1. The largest absolute Gasteiger partial charge is 0.463 e. The van der Waals surface area contributed by atoms with Gasteiger partial charge in [-0.1, -0.05) is 11.6 Å². The van der Waals surface area contributed by atoms with Gasteiger partial charge in [0.1, 0.15) is 12.4 Å². The molecule has 0 unspecified atom stereocenters. The molecule has 7 nitrogen and oxygen atoms in total. The van der Waals surface area contributed by atoms with Gasteiger partial charge in [0.25, 0.3) is 5.88 Å². The summed E-state index contributed by atoms with van der Waals surface area (Å²) >= 11 is 11.8. The molecule has 0 saturated heterocycles. The average molecular weight is 303 g/mol. The first-order valence-electron chi connectivity index (χ1n) is 5.10. The van der Waals surface area contributed by atoms with Crippen LogP contribution in [0, 0.1) is 10.1 Å². The summed E-state index contributed by atoms with van der Waals surface area (Å²) < 4.78 is 5.39. The lowest BCUT2D eigenvalue weighted by Gasteiger charge is -2.20. The molecule has 0 radical (unpaired) electrons. The predicted octanol–water partition coefficient (Wildman–Crippen LogP) is 2.01. The molecule has 0 aliphatic heterocycles. The maximum absolute atomic E-state index is 10.9. The lowest BCUT2D eigenvalue weighted by molar-refractivity contribution is -0.385. The molecule has 0 aromatic carbocycles. The molecular weight excluding hydrogens is 295 g/mol. The molecule has 19 heavy (non-hydrogen) atoms. The third kappa shape index (κ3) is 2.94. The molecule has 0 saturated carbocycles. The van der Waals surface area contributed by atoms with Gasteiger partial charge < -0.3 is 10.5 Å². The van der Waals surface area contributed by atoms with Crippen LogP contribution < -0.4 is 10.5 Å². The summed E-state index contributed by atoms with van der Waals surface area (Å²) in [7, 11) is 0. The molecule has 0 bridgehead atoms. The highest BCUT2D eigenvalue weighted by molar-refractivity contribution is 6.32. The van der Waals surface area contributed by atoms with Crippen molar-refractivity contribution in [1.82, 2.24) is 9.97 Å². The Bertz CT molecular complexity index is 576. The number of nitrogen functional groups attached to an aromatic ring is 1. The van der Waals surface area contributed by atoms with E-state index in [1.54, 1.807) is 18.2 Å². The maximum atomic E-state index is 10.9. The molecule has 1 aromatic rings. The van der Waals surface area contributed by atoms with E-state index in [4.69, 9.17) is 33.7 Å². The number of nitrogens with two attached hydrogens (primary N) is 1. The quantitative estimate of drug-likeness (QED) is 0.520. The number of nitro groups is 1. The van der Waals surface area contributed by atoms with E-state index in [-0.39, 0.29) is 11.7 Å². The van der Waals surface area contributed by atoms with Crippen LogP contribution in [-0.4, -0.2) is 26.4 Å². The van der Waals surface area contributed by atoms with Gasteiger partial charge in [0, 0.05) is 5.03 Å². The van der Waals surface area contributed by atoms with Crippen LogP contribution >= 0.6 is 23.2 Å². The first-order chi connectivity index (χ1) is 8.99. The Balaban J connectivity index is 2.28. The van der Waals surface area contributed by atoms with Gasteiger partial charge in [-0.05, 0) is 18.2 Å². The summed E-state index contributed by atoms with van der Waals surface area (Å²) in [5.74, 6) is -0.501. The van der Waals surface area contributed by atoms with Crippen LogP contribution in [-0.2, 0) is 0 Å².